The molecule has 1 amide bonds. The largest absolute Gasteiger partial charge is 0.352 e. The second kappa shape index (κ2) is 6.29. The Morgan fingerprint density at radius 2 is 2.37 bits per heavy atom. The molecule has 1 aromatic carbocycles. The average molecular weight is 272 g/mol. The van der Waals surface area contributed by atoms with Crippen molar-refractivity contribution in [1.82, 2.24) is 10.3 Å². The van der Waals surface area contributed by atoms with Crippen molar-refractivity contribution >= 4 is 17.2 Å². The van der Waals surface area contributed by atoms with Crippen molar-refractivity contribution in [3.63, 3.8) is 0 Å². The highest BCUT2D eigenvalue weighted by Gasteiger charge is 2.08. The molecule has 0 aliphatic heterocycles. The number of nitrogens with zero attached hydrogens (tertiary/aromatic N) is 1. The number of nitrogens with one attached hydrogen (secondary N) is 1. The SMILES string of the molecule is C=CCNC(=O)Cc1csc(-c2cccc(C)c2)n1. The van der Waals surface area contributed by atoms with Gasteiger partial charge >= 0.3 is 0 Å². The van der Waals surface area contributed by atoms with E-state index in [0.29, 0.717) is 13.0 Å². The van der Waals surface area contributed by atoms with Crippen LogP contribution in [0.3, 0.4) is 0 Å². The van der Waals surface area contributed by atoms with Crippen LogP contribution in [-0.4, -0.2) is 17.4 Å². The number of rotatable bonds is 5. The van der Waals surface area contributed by atoms with Crippen molar-refractivity contribution in [3.8, 4) is 10.6 Å². The fourth-order valence-corrected chi connectivity index (χ4v) is 2.53. The zero-order chi connectivity index (χ0) is 13.7. The van der Waals surface area contributed by atoms with Gasteiger partial charge < -0.3 is 5.32 Å². The first-order valence-corrected chi connectivity index (χ1v) is 6.96. The van der Waals surface area contributed by atoms with Crippen LogP contribution in [0.1, 0.15) is 11.3 Å². The molecule has 3 nitrogen and oxygen atoms in total. The molecule has 0 bridgehead atoms. The van der Waals surface area contributed by atoms with Crippen LogP contribution in [0, 0.1) is 6.92 Å². The monoisotopic (exact) mass is 272 g/mol. The average Bonchev–Trinajstić information content (AvgIpc) is 2.85. The van der Waals surface area contributed by atoms with Gasteiger partial charge in [-0.3, -0.25) is 4.79 Å². The van der Waals surface area contributed by atoms with Crippen LogP contribution < -0.4 is 5.32 Å². The third-order valence-electron chi connectivity index (χ3n) is 2.60. The van der Waals surface area contributed by atoms with Gasteiger partial charge in [0.25, 0.3) is 0 Å². The summed E-state index contributed by atoms with van der Waals surface area (Å²) in [6.07, 6.45) is 1.98. The molecule has 0 aliphatic carbocycles. The van der Waals surface area contributed by atoms with Gasteiger partial charge in [0, 0.05) is 17.5 Å². The molecule has 1 heterocycles. The second-order valence-corrected chi connectivity index (χ2v) is 5.14. The molecular weight excluding hydrogens is 256 g/mol. The van der Waals surface area contributed by atoms with Crippen LogP contribution in [0.25, 0.3) is 10.6 Å². The van der Waals surface area contributed by atoms with Crippen LogP contribution in [0.4, 0.5) is 0 Å². The van der Waals surface area contributed by atoms with Crippen LogP contribution in [-0.2, 0) is 11.2 Å². The summed E-state index contributed by atoms with van der Waals surface area (Å²) in [4.78, 5) is 16.1. The number of amides is 1. The van der Waals surface area contributed by atoms with Crippen molar-refractivity contribution in [3.05, 3.63) is 53.6 Å². The van der Waals surface area contributed by atoms with E-state index in [1.54, 1.807) is 17.4 Å². The van der Waals surface area contributed by atoms with E-state index in [1.165, 1.54) is 5.56 Å². The molecule has 4 heteroatoms. The Bertz CT molecular complexity index is 589. The molecule has 1 N–H and O–H groups in total. The Hall–Kier alpha value is -1.94. The highest BCUT2D eigenvalue weighted by atomic mass is 32.1. The number of carbonyl (C=O) groups excluding carboxylic acids is 1. The predicted octanol–water partition coefficient (Wildman–Crippen LogP) is 2.96. The van der Waals surface area contributed by atoms with Crippen LogP contribution in [0.15, 0.2) is 42.3 Å². The van der Waals surface area contributed by atoms with Gasteiger partial charge in [0.05, 0.1) is 12.1 Å². The van der Waals surface area contributed by atoms with Gasteiger partial charge in [0.15, 0.2) is 0 Å². The van der Waals surface area contributed by atoms with Crippen molar-refractivity contribution in [2.45, 2.75) is 13.3 Å². The number of hydrogen-bond acceptors (Lipinski definition) is 3. The minimum Gasteiger partial charge on any atom is -0.352 e. The maximum atomic E-state index is 11.6. The summed E-state index contributed by atoms with van der Waals surface area (Å²) in [6.45, 7) is 6.11. The van der Waals surface area contributed by atoms with Gasteiger partial charge in [-0.25, -0.2) is 4.98 Å². The summed E-state index contributed by atoms with van der Waals surface area (Å²) >= 11 is 1.57. The Kier molecular flexibility index (Phi) is 4.47. The lowest BCUT2D eigenvalue weighted by molar-refractivity contribution is -0.120. The fourth-order valence-electron chi connectivity index (χ4n) is 1.71. The zero-order valence-corrected chi connectivity index (χ0v) is 11.7. The molecule has 1 aromatic heterocycles. The van der Waals surface area contributed by atoms with E-state index in [-0.39, 0.29) is 5.91 Å². The van der Waals surface area contributed by atoms with Crippen LogP contribution in [0.5, 0.6) is 0 Å². The Morgan fingerprint density at radius 1 is 1.53 bits per heavy atom. The summed E-state index contributed by atoms with van der Waals surface area (Å²) < 4.78 is 0. The minimum atomic E-state index is -0.0269. The van der Waals surface area contributed by atoms with Crippen LogP contribution in [0.2, 0.25) is 0 Å². The standard InChI is InChI=1S/C15H16N2OS/c1-3-7-16-14(18)9-13-10-19-15(17-13)12-6-4-5-11(2)8-12/h3-6,8,10H,1,7,9H2,2H3,(H,16,18). The molecule has 98 valence electrons. The highest BCUT2D eigenvalue weighted by molar-refractivity contribution is 7.13. The molecule has 2 rings (SSSR count). The van der Waals surface area contributed by atoms with E-state index in [0.717, 1.165) is 16.3 Å². The van der Waals surface area contributed by atoms with Gasteiger partial charge in [0.2, 0.25) is 5.91 Å². The number of carbonyl (C=O) groups is 1. The van der Waals surface area contributed by atoms with E-state index in [9.17, 15) is 4.79 Å². The molecule has 0 saturated carbocycles. The first kappa shape index (κ1) is 13.5. The number of benzene rings is 1. The maximum Gasteiger partial charge on any atom is 0.226 e. The molecule has 0 saturated heterocycles. The van der Waals surface area contributed by atoms with Gasteiger partial charge in [0.1, 0.15) is 5.01 Å². The van der Waals surface area contributed by atoms with Crippen molar-refractivity contribution < 1.29 is 4.79 Å². The van der Waals surface area contributed by atoms with Gasteiger partial charge in [-0.2, -0.15) is 0 Å². The van der Waals surface area contributed by atoms with Gasteiger partial charge in [-0.15, -0.1) is 17.9 Å². The molecule has 0 atom stereocenters. The summed E-state index contributed by atoms with van der Waals surface area (Å²) in [7, 11) is 0. The van der Waals surface area contributed by atoms with Gasteiger partial charge in [-0.1, -0.05) is 29.8 Å². The number of aryl methyl sites for hydroxylation is 1. The van der Waals surface area contributed by atoms with E-state index in [4.69, 9.17) is 0 Å². The molecular formula is C15H16N2OS. The van der Waals surface area contributed by atoms with Crippen molar-refractivity contribution in [2.75, 3.05) is 6.54 Å². The first-order chi connectivity index (χ1) is 9.19. The number of thiazole rings is 1. The van der Waals surface area contributed by atoms with E-state index < -0.39 is 0 Å². The van der Waals surface area contributed by atoms with E-state index in [2.05, 4.69) is 35.9 Å². The molecule has 2 aromatic rings. The second-order valence-electron chi connectivity index (χ2n) is 4.28. The Balaban J connectivity index is 2.07. The topological polar surface area (TPSA) is 42.0 Å². The molecule has 19 heavy (non-hydrogen) atoms. The summed E-state index contributed by atoms with van der Waals surface area (Å²) in [5.74, 6) is -0.0269. The predicted molar refractivity (Wildman–Crippen MR) is 79.2 cm³/mol. The number of aromatic nitrogens is 1. The third kappa shape index (κ3) is 3.76. The quantitative estimate of drug-likeness (QED) is 0.850. The maximum absolute atomic E-state index is 11.6. The molecule has 0 spiro atoms. The lowest BCUT2D eigenvalue weighted by atomic mass is 10.1. The fraction of sp³-hybridized carbons (Fsp3) is 0.200. The van der Waals surface area contributed by atoms with Crippen LogP contribution >= 0.6 is 11.3 Å². The van der Waals surface area contributed by atoms with Gasteiger partial charge in [-0.05, 0) is 13.0 Å². The molecule has 0 aliphatic rings. The highest BCUT2D eigenvalue weighted by Crippen LogP contribution is 2.24. The van der Waals surface area contributed by atoms with E-state index >= 15 is 0 Å². The third-order valence-corrected chi connectivity index (χ3v) is 3.54. The molecule has 0 unspecified atom stereocenters. The Morgan fingerprint density at radius 3 is 3.11 bits per heavy atom. The zero-order valence-electron chi connectivity index (χ0n) is 10.8. The molecule has 0 fully saturated rings. The normalized spacial score (nSPS) is 10.2. The van der Waals surface area contributed by atoms with E-state index in [1.807, 2.05) is 17.5 Å². The lowest BCUT2D eigenvalue weighted by Crippen LogP contribution is -2.25. The summed E-state index contributed by atoms with van der Waals surface area (Å²) in [5, 5.41) is 5.64. The smallest absolute Gasteiger partial charge is 0.226 e. The first-order valence-electron chi connectivity index (χ1n) is 6.08. The van der Waals surface area contributed by atoms with Crippen molar-refractivity contribution in [2.24, 2.45) is 0 Å². The number of hydrogen-bond donors (Lipinski definition) is 1. The minimum absolute atomic E-state index is 0.0269. The molecule has 0 radical (unpaired) electrons. The lowest BCUT2D eigenvalue weighted by Gasteiger charge is -1.99. The van der Waals surface area contributed by atoms with Crippen molar-refractivity contribution in [1.29, 1.82) is 0 Å². The summed E-state index contributed by atoms with van der Waals surface area (Å²) in [6, 6.07) is 8.21. The Labute approximate surface area is 117 Å². The summed E-state index contributed by atoms with van der Waals surface area (Å²) in [5.41, 5.74) is 3.11.